The molecule has 0 heterocycles. The number of nitrogens with one attached hydrogen (secondary N) is 2. The molecule has 0 bridgehead atoms. The summed E-state index contributed by atoms with van der Waals surface area (Å²) in [7, 11) is 3.57. The molecule has 0 aliphatic carbocycles. The Morgan fingerprint density at radius 3 is 1.54 bits per heavy atom. The number of rotatable bonds is 12. The summed E-state index contributed by atoms with van der Waals surface area (Å²) in [4.78, 5) is 45.6. The molecule has 12 heteroatoms. The number of Topliss-reactive ketones (excluding diaryl/α,β-unsaturated/α-hetero) is 2. The molecule has 0 aliphatic rings. The normalized spacial score (nSPS) is 10.4. The molecule has 0 saturated carbocycles. The van der Waals surface area contributed by atoms with Gasteiger partial charge in [0.15, 0.2) is 0 Å². The minimum Gasteiger partial charge on any atom is -0.412 e. The number of hydrogen-bond donors (Lipinski definition) is 6. The molecule has 0 aromatic carbocycles. The Morgan fingerprint density at radius 1 is 0.929 bits per heavy atom. The van der Waals surface area contributed by atoms with Crippen LogP contribution in [0.4, 0.5) is 0 Å². The molecule has 12 nitrogen and oxygen atoms in total. The van der Waals surface area contributed by atoms with Gasteiger partial charge in [0, 0.05) is 16.4 Å². The molecule has 11 N–H and O–H groups in total. The van der Waals surface area contributed by atoms with Gasteiger partial charge in [-0.05, 0) is 60.2 Å². The summed E-state index contributed by atoms with van der Waals surface area (Å²) in [6.07, 6.45) is 5.91. The summed E-state index contributed by atoms with van der Waals surface area (Å²) in [5.41, 5.74) is 5.33. The number of likely N-dealkylation sites (N-methyl/N-ethyl adjacent to an activating group) is 2. The Hall–Kier alpha value is -1.67. The topological polar surface area (TPSA) is 242 Å². The van der Waals surface area contributed by atoms with Crippen LogP contribution in [0.15, 0.2) is 0 Å². The zero-order valence-electron chi connectivity index (χ0n) is 17.4. The number of aldehydes is 1. The van der Waals surface area contributed by atoms with E-state index in [1.165, 1.54) is 0 Å². The van der Waals surface area contributed by atoms with E-state index in [4.69, 9.17) is 26.2 Å². The van der Waals surface area contributed by atoms with Gasteiger partial charge < -0.3 is 32.8 Å². The van der Waals surface area contributed by atoms with Gasteiger partial charge in [0.05, 0.1) is 12.1 Å². The van der Waals surface area contributed by atoms with Gasteiger partial charge in [0.25, 0.3) is 0 Å². The van der Waals surface area contributed by atoms with Crippen LogP contribution in [0.5, 0.6) is 0 Å². The van der Waals surface area contributed by atoms with Crippen molar-refractivity contribution in [1.29, 1.82) is 0 Å². The second kappa shape index (κ2) is 36.3. The van der Waals surface area contributed by atoms with E-state index >= 15 is 0 Å². The summed E-state index contributed by atoms with van der Waals surface area (Å²) in [6, 6.07) is -0.0449. The molecule has 2 atom stereocenters. The third-order valence-corrected chi connectivity index (χ3v) is 3.44. The fraction of sp³-hybridized carbons (Fsp3) is 0.812. The lowest BCUT2D eigenvalue weighted by Crippen LogP contribution is -2.32. The van der Waals surface area contributed by atoms with E-state index in [-0.39, 0.29) is 35.3 Å². The molecule has 0 amide bonds. The van der Waals surface area contributed by atoms with Crippen LogP contribution in [0.3, 0.4) is 0 Å². The monoisotopic (exact) mass is 416 g/mol. The van der Waals surface area contributed by atoms with E-state index in [1.54, 1.807) is 20.9 Å². The molecule has 0 rings (SSSR count). The molecule has 0 spiro atoms. The highest BCUT2D eigenvalue weighted by Gasteiger charge is 2.10. The molecule has 0 fully saturated rings. The summed E-state index contributed by atoms with van der Waals surface area (Å²) in [6.45, 7) is 3.89. The Bertz CT molecular complexity index is 336. The first-order chi connectivity index (χ1) is 12.4. The highest BCUT2D eigenvalue weighted by atomic mass is 17.0. The second-order valence-corrected chi connectivity index (χ2v) is 5.29. The second-order valence-electron chi connectivity index (χ2n) is 5.29. The molecule has 0 saturated heterocycles. The minimum absolute atomic E-state index is 0. The van der Waals surface area contributed by atoms with E-state index in [9.17, 15) is 14.4 Å². The van der Waals surface area contributed by atoms with E-state index in [0.29, 0.717) is 13.0 Å². The molecule has 0 aromatic heterocycles. The van der Waals surface area contributed by atoms with Crippen LogP contribution < -0.4 is 22.5 Å². The predicted molar refractivity (Wildman–Crippen MR) is 111 cm³/mol. The number of unbranched alkanes of at least 4 members (excludes halogenated alkanes) is 2. The zero-order chi connectivity index (χ0) is 21.4. The lowest BCUT2D eigenvalue weighted by Gasteiger charge is -2.11. The van der Waals surface area contributed by atoms with Gasteiger partial charge in [-0.2, -0.15) is 0 Å². The van der Waals surface area contributed by atoms with Crippen molar-refractivity contribution >= 4 is 17.9 Å². The highest BCUT2D eigenvalue weighted by molar-refractivity contribution is 5.81. The van der Waals surface area contributed by atoms with Crippen molar-refractivity contribution in [3.05, 3.63) is 9.93 Å². The van der Waals surface area contributed by atoms with Gasteiger partial charge in [-0.25, -0.2) is 0 Å². The average Bonchev–Trinajstić information content (AvgIpc) is 2.65. The maximum atomic E-state index is 10.9. The van der Waals surface area contributed by atoms with Gasteiger partial charge in [-0.3, -0.25) is 20.1 Å². The number of nitrogens with two attached hydrogens (primary N) is 1. The number of hydrogen-bond acceptors (Lipinski definition) is 11. The number of ketones is 2. The van der Waals surface area contributed by atoms with Crippen molar-refractivity contribution in [3.63, 3.8) is 0 Å². The van der Waals surface area contributed by atoms with Gasteiger partial charge in [0.1, 0.15) is 17.9 Å². The van der Waals surface area contributed by atoms with E-state index in [2.05, 4.69) is 10.6 Å². The molecule has 0 aromatic rings. The summed E-state index contributed by atoms with van der Waals surface area (Å²) >= 11 is 0. The van der Waals surface area contributed by atoms with Crippen LogP contribution in [0, 0.1) is 9.93 Å². The fourth-order valence-electron chi connectivity index (χ4n) is 2.00. The SMILES string of the molecule is CNC(CCCC=O)C(C)=O.CNC(CCCCN)C(C)=O.N.O.O=O.OO. The minimum atomic E-state index is -0.0741. The van der Waals surface area contributed by atoms with Gasteiger partial charge in [0.2, 0.25) is 0 Å². The van der Waals surface area contributed by atoms with E-state index in [1.807, 2.05) is 7.05 Å². The number of carbonyl (C=O) groups is 3. The first kappa shape index (κ1) is 40.9. The lowest BCUT2D eigenvalue weighted by atomic mass is 10.1. The predicted octanol–water partition coefficient (Wildman–Crippen LogP) is 0.247. The smallest absolute Gasteiger partial charge is 0.146 e. The zero-order valence-corrected chi connectivity index (χ0v) is 17.4. The Labute approximate surface area is 166 Å². The quantitative estimate of drug-likeness (QED) is 0.109. The van der Waals surface area contributed by atoms with Gasteiger partial charge in [-0.1, -0.05) is 6.42 Å². The average molecular weight is 417 g/mol. The third-order valence-electron chi connectivity index (χ3n) is 3.44. The maximum absolute atomic E-state index is 10.9. The summed E-state index contributed by atoms with van der Waals surface area (Å²) in [5.74, 6) is 0.350. The van der Waals surface area contributed by atoms with Crippen LogP contribution in [0.25, 0.3) is 0 Å². The molecule has 0 aliphatic heterocycles. The summed E-state index contributed by atoms with van der Waals surface area (Å²) < 4.78 is 0. The standard InChI is InChI=1S/C8H18N2O.C8H15NO2.H3N.H2O2.O2.H2O/c1-7(11)8(10-2)5-3-4-6-9;1-7(11)8(9-2)5-3-4-6-10;;2*1-2;/h8,10H,3-6,9H2,1-2H3;6,8-9H,3-5H2,1-2H3;1H3;1-2H;;1H2. The van der Waals surface area contributed by atoms with Crippen LogP contribution in [-0.2, 0) is 14.4 Å². The van der Waals surface area contributed by atoms with Crippen molar-refractivity contribution in [1.82, 2.24) is 16.8 Å². The summed E-state index contributed by atoms with van der Waals surface area (Å²) in [5, 5.41) is 17.9. The molecular formula is C16H40N4O8. The number of carbonyl (C=O) groups excluding carboxylic acids is 3. The molecule has 2 unspecified atom stereocenters. The van der Waals surface area contributed by atoms with Crippen molar-refractivity contribution in [2.45, 2.75) is 64.5 Å². The molecule has 172 valence electrons. The first-order valence-corrected chi connectivity index (χ1v) is 8.30. The van der Waals surface area contributed by atoms with E-state index < -0.39 is 0 Å². The van der Waals surface area contributed by atoms with Gasteiger partial charge >= 0.3 is 0 Å². The van der Waals surface area contributed by atoms with Crippen molar-refractivity contribution in [3.8, 4) is 0 Å². The fourth-order valence-corrected chi connectivity index (χ4v) is 2.00. The molecule has 28 heavy (non-hydrogen) atoms. The third kappa shape index (κ3) is 32.0. The van der Waals surface area contributed by atoms with Crippen molar-refractivity contribution < 1.29 is 30.4 Å². The van der Waals surface area contributed by atoms with Crippen LogP contribution >= 0.6 is 0 Å². The van der Waals surface area contributed by atoms with Crippen molar-refractivity contribution in [2.24, 2.45) is 5.73 Å². The van der Waals surface area contributed by atoms with Crippen LogP contribution in [-0.4, -0.2) is 66.6 Å². The van der Waals surface area contributed by atoms with Gasteiger partial charge in [-0.15, -0.1) is 0 Å². The van der Waals surface area contributed by atoms with Crippen molar-refractivity contribution in [2.75, 3.05) is 20.6 Å². The van der Waals surface area contributed by atoms with Crippen LogP contribution in [0.2, 0.25) is 0 Å². The van der Waals surface area contributed by atoms with E-state index in [0.717, 1.165) is 38.4 Å². The Balaban J connectivity index is -0.0000000689. The largest absolute Gasteiger partial charge is 0.412 e. The Morgan fingerprint density at radius 2 is 1.29 bits per heavy atom. The highest BCUT2D eigenvalue weighted by Crippen LogP contribution is 2.00. The lowest BCUT2D eigenvalue weighted by molar-refractivity contribution is -0.176. The first-order valence-electron chi connectivity index (χ1n) is 8.30. The molecule has 0 radical (unpaired) electrons. The Kier molecular flexibility index (Phi) is 53.0. The van der Waals surface area contributed by atoms with Crippen LogP contribution in [0.1, 0.15) is 52.4 Å². The molecular weight excluding hydrogens is 376 g/mol. The maximum Gasteiger partial charge on any atom is 0.146 e.